The van der Waals surface area contributed by atoms with E-state index in [0.29, 0.717) is 12.3 Å². The first-order valence-electron chi connectivity index (χ1n) is 7.09. The number of hydrogen-bond acceptors (Lipinski definition) is 3. The summed E-state index contributed by atoms with van der Waals surface area (Å²) in [4.78, 5) is 11.6. The highest BCUT2D eigenvalue weighted by Gasteiger charge is 2.17. The van der Waals surface area contributed by atoms with Crippen molar-refractivity contribution in [3.63, 3.8) is 0 Å². The maximum absolute atomic E-state index is 11.6. The molecule has 22 heavy (non-hydrogen) atoms. The fourth-order valence-electron chi connectivity index (χ4n) is 1.89. The van der Waals surface area contributed by atoms with Gasteiger partial charge in [-0.2, -0.15) is 0 Å². The lowest BCUT2D eigenvalue weighted by Gasteiger charge is -2.19. The van der Waals surface area contributed by atoms with Crippen molar-refractivity contribution in [1.29, 1.82) is 0 Å². The second-order valence-electron chi connectivity index (χ2n) is 5.93. The van der Waals surface area contributed by atoms with E-state index in [1.807, 2.05) is 63.2 Å². The van der Waals surface area contributed by atoms with Gasteiger partial charge in [0.05, 0.1) is 11.4 Å². The molecule has 1 unspecified atom stereocenters. The quantitative estimate of drug-likeness (QED) is 0.792. The summed E-state index contributed by atoms with van der Waals surface area (Å²) in [6.45, 7) is 5.77. The molecule has 0 bridgehead atoms. The van der Waals surface area contributed by atoms with Crippen LogP contribution in [-0.2, 0) is 11.3 Å². The summed E-state index contributed by atoms with van der Waals surface area (Å²) in [7, 11) is 0. The van der Waals surface area contributed by atoms with Crippen LogP contribution in [0, 0.1) is 0 Å². The van der Waals surface area contributed by atoms with Gasteiger partial charge in [-0.05, 0) is 38.5 Å². The van der Waals surface area contributed by atoms with E-state index in [1.165, 1.54) is 0 Å². The highest BCUT2D eigenvalue weighted by Crippen LogP contribution is 2.31. The Bertz CT molecular complexity index is 616. The molecule has 5 heteroatoms. The van der Waals surface area contributed by atoms with Crippen molar-refractivity contribution >= 4 is 22.0 Å². The third-order valence-corrected chi connectivity index (χ3v) is 3.81. The summed E-state index contributed by atoms with van der Waals surface area (Å²) in [5.74, 6) is 1.48. The molecule has 1 atom stereocenters. The molecule has 0 spiro atoms. The van der Waals surface area contributed by atoms with Crippen LogP contribution in [0.4, 0.5) is 4.79 Å². The van der Waals surface area contributed by atoms with Crippen molar-refractivity contribution in [2.45, 2.75) is 37.7 Å². The molecule has 1 aromatic heterocycles. The summed E-state index contributed by atoms with van der Waals surface area (Å²) in [5, 5.41) is 2.68. The molecule has 0 aliphatic heterocycles. The Morgan fingerprint density at radius 2 is 1.91 bits per heavy atom. The van der Waals surface area contributed by atoms with E-state index in [-0.39, 0.29) is 4.83 Å². The molecule has 1 heterocycles. The second-order valence-corrected chi connectivity index (χ2v) is 6.85. The third kappa shape index (κ3) is 4.91. The van der Waals surface area contributed by atoms with E-state index in [2.05, 4.69) is 21.2 Å². The summed E-state index contributed by atoms with van der Waals surface area (Å²) >= 11 is 3.62. The fourth-order valence-corrected chi connectivity index (χ4v) is 2.44. The zero-order valence-electron chi connectivity index (χ0n) is 12.9. The Hall–Kier alpha value is -1.75. The molecule has 118 valence electrons. The number of benzene rings is 1. The number of nitrogens with one attached hydrogen (secondary N) is 1. The Balaban J connectivity index is 1.93. The normalized spacial score (nSPS) is 12.7. The van der Waals surface area contributed by atoms with Gasteiger partial charge < -0.3 is 14.5 Å². The Labute approximate surface area is 139 Å². The number of carbonyl (C=O) groups is 1. The molecule has 1 N–H and O–H groups in total. The average Bonchev–Trinajstić information content (AvgIpc) is 2.92. The van der Waals surface area contributed by atoms with Gasteiger partial charge in [-0.3, -0.25) is 0 Å². The van der Waals surface area contributed by atoms with Gasteiger partial charge in [0.25, 0.3) is 0 Å². The van der Waals surface area contributed by atoms with Crippen molar-refractivity contribution in [2.75, 3.05) is 0 Å². The molecule has 0 aliphatic rings. The molecule has 2 rings (SSSR count). The molecule has 0 aliphatic carbocycles. The zero-order chi connectivity index (χ0) is 16.2. The van der Waals surface area contributed by atoms with E-state index >= 15 is 0 Å². The smallest absolute Gasteiger partial charge is 0.408 e. The predicted octanol–water partition coefficient (Wildman–Crippen LogP) is 4.79. The third-order valence-electron chi connectivity index (χ3n) is 2.83. The van der Waals surface area contributed by atoms with Gasteiger partial charge >= 0.3 is 6.09 Å². The lowest BCUT2D eigenvalue weighted by Crippen LogP contribution is -2.32. The van der Waals surface area contributed by atoms with E-state index in [9.17, 15) is 4.79 Å². The van der Waals surface area contributed by atoms with E-state index in [1.54, 1.807) is 0 Å². The van der Waals surface area contributed by atoms with Gasteiger partial charge in [-0.1, -0.05) is 46.3 Å². The number of alkyl carbamates (subject to hydrolysis) is 1. The Morgan fingerprint density at radius 1 is 1.23 bits per heavy atom. The van der Waals surface area contributed by atoms with Crippen LogP contribution in [0.3, 0.4) is 0 Å². The molecule has 0 saturated heterocycles. The molecule has 1 aromatic carbocycles. The lowest BCUT2D eigenvalue weighted by atomic mass is 10.1. The minimum Gasteiger partial charge on any atom is -0.463 e. The minimum absolute atomic E-state index is 0.0102. The molecular weight excluding hydrogens is 346 g/mol. The Morgan fingerprint density at radius 3 is 2.55 bits per heavy atom. The first-order valence-corrected chi connectivity index (χ1v) is 8.01. The van der Waals surface area contributed by atoms with Gasteiger partial charge in [0.1, 0.15) is 17.1 Å². The maximum Gasteiger partial charge on any atom is 0.408 e. The second kappa shape index (κ2) is 7.01. The number of alkyl halides is 1. The van der Waals surface area contributed by atoms with Crippen LogP contribution >= 0.6 is 15.9 Å². The average molecular weight is 366 g/mol. The SMILES string of the molecule is CC(C)(C)OC(=O)NCc1ccc(C(Br)c2ccccc2)o1. The number of rotatable bonds is 4. The molecule has 2 aromatic rings. The first-order chi connectivity index (χ1) is 10.3. The molecular formula is C17H20BrNO3. The minimum atomic E-state index is -0.507. The number of ether oxygens (including phenoxy) is 1. The number of furan rings is 1. The zero-order valence-corrected chi connectivity index (χ0v) is 14.5. The van der Waals surface area contributed by atoms with Gasteiger partial charge in [-0.15, -0.1) is 0 Å². The van der Waals surface area contributed by atoms with Gasteiger partial charge in [-0.25, -0.2) is 4.79 Å². The standard InChI is InChI=1S/C17H20BrNO3/c1-17(2,3)22-16(20)19-11-13-9-10-14(21-13)15(18)12-7-5-4-6-8-12/h4-10,15H,11H2,1-3H3,(H,19,20). The highest BCUT2D eigenvalue weighted by molar-refractivity contribution is 9.09. The maximum atomic E-state index is 11.6. The van der Waals surface area contributed by atoms with Crippen molar-refractivity contribution in [3.05, 3.63) is 59.5 Å². The highest BCUT2D eigenvalue weighted by atomic mass is 79.9. The lowest BCUT2D eigenvalue weighted by molar-refractivity contribution is 0.0519. The molecule has 1 amide bonds. The van der Waals surface area contributed by atoms with Crippen LogP contribution in [0.15, 0.2) is 46.9 Å². The summed E-state index contributed by atoms with van der Waals surface area (Å²) in [6.07, 6.45) is -0.455. The van der Waals surface area contributed by atoms with Crippen LogP contribution in [0.2, 0.25) is 0 Å². The van der Waals surface area contributed by atoms with Crippen LogP contribution in [0.25, 0.3) is 0 Å². The predicted molar refractivity (Wildman–Crippen MR) is 89.0 cm³/mol. The Kier molecular flexibility index (Phi) is 5.29. The van der Waals surface area contributed by atoms with E-state index < -0.39 is 11.7 Å². The van der Waals surface area contributed by atoms with E-state index in [4.69, 9.17) is 9.15 Å². The van der Waals surface area contributed by atoms with Crippen molar-refractivity contribution in [2.24, 2.45) is 0 Å². The van der Waals surface area contributed by atoms with Gasteiger partial charge in [0, 0.05) is 0 Å². The van der Waals surface area contributed by atoms with Crippen LogP contribution in [0.5, 0.6) is 0 Å². The molecule has 0 saturated carbocycles. The fraction of sp³-hybridized carbons (Fsp3) is 0.353. The number of amides is 1. The molecule has 0 fully saturated rings. The van der Waals surface area contributed by atoms with E-state index in [0.717, 1.165) is 11.3 Å². The first kappa shape index (κ1) is 16.6. The monoisotopic (exact) mass is 365 g/mol. The number of carbonyl (C=O) groups excluding carboxylic acids is 1. The summed E-state index contributed by atoms with van der Waals surface area (Å²) in [6, 6.07) is 13.8. The van der Waals surface area contributed by atoms with Crippen molar-refractivity contribution in [3.8, 4) is 0 Å². The van der Waals surface area contributed by atoms with Crippen LogP contribution in [-0.4, -0.2) is 11.7 Å². The largest absolute Gasteiger partial charge is 0.463 e. The van der Waals surface area contributed by atoms with Crippen molar-refractivity contribution < 1.29 is 13.9 Å². The summed E-state index contributed by atoms with van der Waals surface area (Å²) < 4.78 is 10.9. The number of halogens is 1. The topological polar surface area (TPSA) is 51.5 Å². The van der Waals surface area contributed by atoms with Gasteiger partial charge in [0.2, 0.25) is 0 Å². The van der Waals surface area contributed by atoms with Gasteiger partial charge in [0.15, 0.2) is 0 Å². The molecule has 4 nitrogen and oxygen atoms in total. The van der Waals surface area contributed by atoms with Crippen LogP contribution < -0.4 is 5.32 Å². The summed E-state index contributed by atoms with van der Waals surface area (Å²) in [5.41, 5.74) is 0.607. The number of hydrogen-bond donors (Lipinski definition) is 1. The molecule has 0 radical (unpaired) electrons. The van der Waals surface area contributed by atoms with Crippen LogP contribution in [0.1, 0.15) is 42.7 Å². The van der Waals surface area contributed by atoms with Crippen molar-refractivity contribution in [1.82, 2.24) is 5.32 Å².